The zero-order valence-corrected chi connectivity index (χ0v) is 22.3. The number of nitrogens with zero attached hydrogens (tertiary/aromatic N) is 4. The van der Waals surface area contributed by atoms with Crippen LogP contribution < -0.4 is 9.91 Å². The van der Waals surface area contributed by atoms with Gasteiger partial charge >= 0.3 is 0 Å². The fourth-order valence-electron chi connectivity index (χ4n) is 4.11. The van der Waals surface area contributed by atoms with E-state index in [1.165, 1.54) is 27.6 Å². The highest BCUT2D eigenvalue weighted by Crippen LogP contribution is 2.34. The molecular weight excluding hydrogens is 484 g/mol. The molecule has 0 aliphatic carbocycles. The maximum absolute atomic E-state index is 13.6. The number of anilines is 2. The Hall–Kier alpha value is -3.42. The van der Waals surface area contributed by atoms with E-state index in [1.807, 2.05) is 30.3 Å². The first kappa shape index (κ1) is 24.3. The molecule has 0 bridgehead atoms. The van der Waals surface area contributed by atoms with Crippen LogP contribution in [-0.2, 0) is 4.79 Å². The van der Waals surface area contributed by atoms with E-state index in [0.717, 1.165) is 39.5 Å². The quantitative estimate of drug-likeness (QED) is 0.188. The molecular formula is C29H28N4OS2. The van der Waals surface area contributed by atoms with Gasteiger partial charge in [-0.2, -0.15) is 10.1 Å². The summed E-state index contributed by atoms with van der Waals surface area (Å²) < 4.78 is 1.04. The fraction of sp³-hybridized carbons (Fsp3) is 0.207. The first-order valence-corrected chi connectivity index (χ1v) is 13.9. The zero-order chi connectivity index (χ0) is 25.1. The lowest BCUT2D eigenvalue weighted by Gasteiger charge is -2.20. The van der Waals surface area contributed by atoms with Crippen LogP contribution in [0.15, 0.2) is 88.4 Å². The van der Waals surface area contributed by atoms with E-state index in [4.69, 9.17) is 5.10 Å². The Morgan fingerprint density at radius 2 is 1.69 bits per heavy atom. The van der Waals surface area contributed by atoms with Gasteiger partial charge in [-0.3, -0.25) is 4.79 Å². The Morgan fingerprint density at radius 1 is 0.972 bits per heavy atom. The summed E-state index contributed by atoms with van der Waals surface area (Å²) in [5.41, 5.74) is 5.64. The molecule has 5 rings (SSSR count). The average molecular weight is 513 g/mol. The van der Waals surface area contributed by atoms with Gasteiger partial charge in [0.2, 0.25) is 5.13 Å². The molecule has 36 heavy (non-hydrogen) atoms. The van der Waals surface area contributed by atoms with Crippen LogP contribution in [0.3, 0.4) is 0 Å². The molecule has 1 aliphatic heterocycles. The molecule has 0 fully saturated rings. The average Bonchev–Trinajstić information content (AvgIpc) is 3.46. The molecule has 4 aromatic rings. The van der Waals surface area contributed by atoms with E-state index in [1.54, 1.807) is 11.8 Å². The number of amides is 1. The van der Waals surface area contributed by atoms with E-state index in [2.05, 4.69) is 79.2 Å². The van der Waals surface area contributed by atoms with Crippen molar-refractivity contribution in [2.75, 3.05) is 28.8 Å². The number of carbonyl (C=O) groups excluding carboxylic acids is 1. The van der Waals surface area contributed by atoms with E-state index in [9.17, 15) is 4.79 Å². The fourth-order valence-corrected chi connectivity index (χ4v) is 5.87. The Bertz CT molecular complexity index is 1400. The second-order valence-corrected chi connectivity index (χ2v) is 10.6. The molecule has 0 atom stereocenters. The molecule has 2 heterocycles. The lowest BCUT2D eigenvalue weighted by molar-refractivity contribution is -0.114. The van der Waals surface area contributed by atoms with Crippen LogP contribution >= 0.6 is 23.1 Å². The minimum Gasteiger partial charge on any atom is -0.372 e. The Morgan fingerprint density at radius 3 is 2.39 bits per heavy atom. The second kappa shape index (κ2) is 10.7. The van der Waals surface area contributed by atoms with Gasteiger partial charge in [-0.1, -0.05) is 53.3 Å². The second-order valence-electron chi connectivity index (χ2n) is 8.55. The predicted octanol–water partition coefficient (Wildman–Crippen LogP) is 7.03. The number of benzene rings is 3. The SMILES string of the molecule is CCN(CC)c1ccc(C=C2C(=O)N(c3nc4ccccc4s3)N=C2CSc2ccc(C)cc2)cc1. The Kier molecular flexibility index (Phi) is 7.20. The van der Waals surface area contributed by atoms with Gasteiger partial charge in [-0.25, -0.2) is 4.98 Å². The van der Waals surface area contributed by atoms with Crippen LogP contribution in [0.25, 0.3) is 16.3 Å². The van der Waals surface area contributed by atoms with Gasteiger partial charge in [-0.05, 0) is 68.8 Å². The van der Waals surface area contributed by atoms with Gasteiger partial charge in [0.05, 0.1) is 21.5 Å². The molecule has 1 aliphatic rings. The van der Waals surface area contributed by atoms with Crippen molar-refractivity contribution in [3.05, 3.63) is 89.5 Å². The lowest BCUT2D eigenvalue weighted by atomic mass is 10.1. The molecule has 0 N–H and O–H groups in total. The molecule has 5 nitrogen and oxygen atoms in total. The highest BCUT2D eigenvalue weighted by molar-refractivity contribution is 8.00. The number of para-hydroxylation sites is 1. The van der Waals surface area contributed by atoms with Gasteiger partial charge in [0, 0.05) is 29.4 Å². The molecule has 0 saturated carbocycles. The summed E-state index contributed by atoms with van der Waals surface area (Å²) in [5, 5.41) is 6.83. The molecule has 3 aromatic carbocycles. The van der Waals surface area contributed by atoms with Crippen molar-refractivity contribution >= 4 is 61.8 Å². The number of carbonyl (C=O) groups is 1. The molecule has 0 unspecified atom stereocenters. The smallest absolute Gasteiger partial charge is 0.282 e. The number of hydrogen-bond acceptors (Lipinski definition) is 6. The predicted molar refractivity (Wildman–Crippen MR) is 154 cm³/mol. The van der Waals surface area contributed by atoms with Crippen LogP contribution in [0.1, 0.15) is 25.0 Å². The summed E-state index contributed by atoms with van der Waals surface area (Å²) in [4.78, 5) is 21.7. The third-order valence-corrected chi connectivity index (χ3v) is 8.18. The number of hydrazone groups is 1. The number of aryl methyl sites for hydroxylation is 1. The van der Waals surface area contributed by atoms with Crippen molar-refractivity contribution in [1.29, 1.82) is 0 Å². The first-order chi connectivity index (χ1) is 17.6. The summed E-state index contributed by atoms with van der Waals surface area (Å²) in [6, 6.07) is 24.7. The summed E-state index contributed by atoms with van der Waals surface area (Å²) >= 11 is 3.17. The summed E-state index contributed by atoms with van der Waals surface area (Å²) in [7, 11) is 0. The maximum atomic E-state index is 13.6. The first-order valence-electron chi connectivity index (χ1n) is 12.1. The van der Waals surface area contributed by atoms with Crippen molar-refractivity contribution < 1.29 is 4.79 Å². The normalized spacial score (nSPS) is 14.6. The Labute approximate surface area is 220 Å². The van der Waals surface area contributed by atoms with Gasteiger partial charge in [0.1, 0.15) is 0 Å². The molecule has 0 radical (unpaired) electrons. The number of aromatic nitrogens is 1. The molecule has 182 valence electrons. The number of thioether (sulfide) groups is 1. The summed E-state index contributed by atoms with van der Waals surface area (Å²) in [6.45, 7) is 8.30. The van der Waals surface area contributed by atoms with Gasteiger partial charge in [0.25, 0.3) is 5.91 Å². The van der Waals surface area contributed by atoms with Crippen molar-refractivity contribution in [2.45, 2.75) is 25.7 Å². The number of thiazole rings is 1. The minimum atomic E-state index is -0.138. The summed E-state index contributed by atoms with van der Waals surface area (Å²) in [6.07, 6.45) is 1.95. The van der Waals surface area contributed by atoms with Crippen molar-refractivity contribution in [1.82, 2.24) is 4.98 Å². The highest BCUT2D eigenvalue weighted by Gasteiger charge is 2.33. The van der Waals surface area contributed by atoms with E-state index in [0.29, 0.717) is 16.5 Å². The number of fused-ring (bicyclic) bond motifs is 1. The Balaban J connectivity index is 1.47. The van der Waals surface area contributed by atoms with Crippen molar-refractivity contribution in [3.8, 4) is 0 Å². The minimum absolute atomic E-state index is 0.138. The number of rotatable bonds is 8. The molecule has 0 spiro atoms. The molecule has 7 heteroatoms. The van der Waals surface area contributed by atoms with Gasteiger partial charge in [-0.15, -0.1) is 11.8 Å². The van der Waals surface area contributed by atoms with Crippen molar-refractivity contribution in [3.63, 3.8) is 0 Å². The van der Waals surface area contributed by atoms with E-state index in [-0.39, 0.29) is 5.91 Å². The highest BCUT2D eigenvalue weighted by atomic mass is 32.2. The van der Waals surface area contributed by atoms with Gasteiger partial charge < -0.3 is 4.90 Å². The topological polar surface area (TPSA) is 48.8 Å². The van der Waals surface area contributed by atoms with Crippen LogP contribution in [0, 0.1) is 6.92 Å². The zero-order valence-electron chi connectivity index (χ0n) is 20.6. The molecule has 0 saturated heterocycles. The lowest BCUT2D eigenvalue weighted by Crippen LogP contribution is -2.21. The van der Waals surface area contributed by atoms with Gasteiger partial charge in [0.15, 0.2) is 0 Å². The third-order valence-electron chi connectivity index (χ3n) is 6.15. The van der Waals surface area contributed by atoms with Crippen molar-refractivity contribution in [2.24, 2.45) is 5.10 Å². The number of hydrogen-bond donors (Lipinski definition) is 0. The van der Waals surface area contributed by atoms with Crippen LogP contribution in [-0.4, -0.2) is 35.4 Å². The van der Waals surface area contributed by atoms with Crippen LogP contribution in [0.2, 0.25) is 0 Å². The summed E-state index contributed by atoms with van der Waals surface area (Å²) in [5.74, 6) is 0.459. The standard InChI is InChI=1S/C29H28N4OS2/c1-4-32(5-2)22-14-12-21(13-15-22)18-24-26(19-35-23-16-10-20(3)11-17-23)31-33(28(24)34)29-30-25-8-6-7-9-27(25)36-29/h6-18H,4-5,19H2,1-3H3. The maximum Gasteiger partial charge on any atom is 0.282 e. The molecule has 1 aromatic heterocycles. The van der Waals surface area contributed by atoms with Crippen LogP contribution in [0.4, 0.5) is 10.8 Å². The van der Waals surface area contributed by atoms with Crippen LogP contribution in [0.5, 0.6) is 0 Å². The molecule has 1 amide bonds. The monoisotopic (exact) mass is 512 g/mol. The van der Waals surface area contributed by atoms with E-state index < -0.39 is 0 Å². The van der Waals surface area contributed by atoms with E-state index >= 15 is 0 Å². The largest absolute Gasteiger partial charge is 0.372 e. The third kappa shape index (κ3) is 5.08.